The number of fused-ring (bicyclic) bond motifs is 2. The van der Waals surface area contributed by atoms with E-state index in [0.717, 1.165) is 48.7 Å². The van der Waals surface area contributed by atoms with Gasteiger partial charge in [-0.3, -0.25) is 34.0 Å². The van der Waals surface area contributed by atoms with E-state index in [1.54, 1.807) is 24.1 Å². The number of nitrogens with zero attached hydrogens (tertiary/aromatic N) is 9. The van der Waals surface area contributed by atoms with Gasteiger partial charge in [0, 0.05) is 64.0 Å². The van der Waals surface area contributed by atoms with E-state index in [-0.39, 0.29) is 60.8 Å². The molecule has 10 rings (SSSR count). The SMILES string of the molecule is COC[C@H]1CN(c2ccn3ncc(C(=O)Nc4cn(C5CCC(CN6CC[C@H](OCC#Cc7cccc8c(C9CCC(=O)NC9=O)nn(C9CC9)c78)[C@H](F)C6)CC5)nc4C(F)F)c3n2)CCO1. The maximum Gasteiger partial charge on any atom is 0.284 e. The molecule has 5 aromatic rings. The predicted octanol–water partition coefficient (Wildman–Crippen LogP) is 5.38. The van der Waals surface area contributed by atoms with Gasteiger partial charge in [0.25, 0.3) is 12.3 Å². The Bertz CT molecular complexity index is 2700. The Kier molecular flexibility index (Phi) is 13.0. The number of benzene rings is 1. The van der Waals surface area contributed by atoms with Crippen LogP contribution in [-0.2, 0) is 23.8 Å². The lowest BCUT2D eigenvalue weighted by Gasteiger charge is -2.38. The second-order valence-electron chi connectivity index (χ2n) is 18.3. The van der Waals surface area contributed by atoms with Crippen molar-refractivity contribution in [2.75, 3.05) is 69.9 Å². The molecule has 2 aliphatic carbocycles. The maximum atomic E-state index is 15.6. The fourth-order valence-electron chi connectivity index (χ4n) is 10.1. The van der Waals surface area contributed by atoms with E-state index < -0.39 is 36.2 Å². The molecule has 2 N–H and O–H groups in total. The van der Waals surface area contributed by atoms with E-state index >= 15 is 4.39 Å². The molecule has 0 spiro atoms. The van der Waals surface area contributed by atoms with Gasteiger partial charge >= 0.3 is 0 Å². The van der Waals surface area contributed by atoms with Gasteiger partial charge in [-0.25, -0.2) is 22.7 Å². The minimum atomic E-state index is -2.91. The van der Waals surface area contributed by atoms with Crippen LogP contribution in [0.4, 0.5) is 24.7 Å². The minimum Gasteiger partial charge on any atom is -0.382 e. The lowest BCUT2D eigenvalue weighted by Crippen LogP contribution is -2.47. The molecular formula is C47H54F3N11O6. The van der Waals surface area contributed by atoms with Crippen LogP contribution >= 0.6 is 0 Å². The average Bonchev–Trinajstić information content (AvgIpc) is 3.75. The van der Waals surface area contributed by atoms with Crippen molar-refractivity contribution in [1.82, 2.24) is 44.4 Å². The van der Waals surface area contributed by atoms with Gasteiger partial charge in [-0.2, -0.15) is 15.3 Å². The molecule has 354 valence electrons. The summed E-state index contributed by atoms with van der Waals surface area (Å²) in [6, 6.07) is 7.68. The topological polar surface area (TPSA) is 175 Å². The molecule has 4 atom stereocenters. The lowest BCUT2D eigenvalue weighted by molar-refractivity contribution is -0.134. The van der Waals surface area contributed by atoms with Crippen LogP contribution in [0.1, 0.15) is 110 Å². The number of para-hydroxylation sites is 1. The van der Waals surface area contributed by atoms with Crippen molar-refractivity contribution in [3.63, 3.8) is 0 Å². The molecule has 17 nitrogen and oxygen atoms in total. The van der Waals surface area contributed by atoms with Gasteiger partial charge in [-0.05, 0) is 69.4 Å². The number of ether oxygens (including phenoxy) is 3. The Labute approximate surface area is 384 Å². The van der Waals surface area contributed by atoms with E-state index in [2.05, 4.69) is 37.6 Å². The molecule has 1 unspecified atom stereocenters. The van der Waals surface area contributed by atoms with Gasteiger partial charge in [-0.1, -0.05) is 24.0 Å². The number of methoxy groups -OCH3 is 1. The predicted molar refractivity (Wildman–Crippen MR) is 239 cm³/mol. The maximum absolute atomic E-state index is 15.6. The van der Waals surface area contributed by atoms with Gasteiger partial charge < -0.3 is 24.4 Å². The lowest BCUT2D eigenvalue weighted by atomic mass is 9.85. The van der Waals surface area contributed by atoms with Crippen molar-refractivity contribution in [3.05, 3.63) is 65.4 Å². The molecule has 3 amide bonds. The van der Waals surface area contributed by atoms with Crippen LogP contribution in [0, 0.1) is 17.8 Å². The van der Waals surface area contributed by atoms with Crippen molar-refractivity contribution in [3.8, 4) is 11.8 Å². The van der Waals surface area contributed by atoms with E-state index in [0.29, 0.717) is 81.6 Å². The van der Waals surface area contributed by atoms with Crippen molar-refractivity contribution in [1.29, 1.82) is 0 Å². The number of amides is 3. The zero-order chi connectivity index (χ0) is 46.2. The Morgan fingerprint density at radius 3 is 2.64 bits per heavy atom. The number of carbonyl (C=O) groups is 3. The standard InChI is InChI=1S/C47H54F3N11O6/c1-65-27-32-24-58(19-21-66-32)39-16-18-59-45(53-39)35(22-51-59)47(64)52-37-26-60(55-42(37)44(49)50)30-9-7-28(8-10-30)23-57-17-15-38(36(48)25-57)67-20-3-5-29-4-2-6-33-41(34-13-14-40(62)54-46(34)63)56-61(43(29)33)31-11-12-31/h2,4,6,16,18,22,26,28,30-32,34,36,38,44H,7-15,17,19-21,23-25,27H2,1H3,(H,52,64)(H,54,62,63)/t28?,30?,32-,34?,36-,38+/m1/s1. The number of aromatic nitrogens is 7. The van der Waals surface area contributed by atoms with E-state index in [9.17, 15) is 23.2 Å². The molecule has 5 fully saturated rings. The smallest absolute Gasteiger partial charge is 0.284 e. The number of hydrogen-bond donors (Lipinski definition) is 2. The molecule has 4 aromatic heterocycles. The first-order valence-electron chi connectivity index (χ1n) is 23.3. The number of hydrogen-bond acceptors (Lipinski definition) is 12. The number of likely N-dealkylation sites (tertiary alicyclic amines) is 1. The third-order valence-corrected chi connectivity index (χ3v) is 13.7. The van der Waals surface area contributed by atoms with Crippen LogP contribution in [0.15, 0.2) is 42.9 Å². The quantitative estimate of drug-likeness (QED) is 0.114. The molecule has 67 heavy (non-hydrogen) atoms. The van der Waals surface area contributed by atoms with Crippen LogP contribution in [0.25, 0.3) is 16.6 Å². The summed E-state index contributed by atoms with van der Waals surface area (Å²) in [7, 11) is 1.62. The molecule has 3 aliphatic heterocycles. The first-order chi connectivity index (χ1) is 32.6. The highest BCUT2D eigenvalue weighted by atomic mass is 19.3. The molecule has 1 aromatic carbocycles. The zero-order valence-corrected chi connectivity index (χ0v) is 37.3. The number of piperidine rings is 2. The highest BCUT2D eigenvalue weighted by molar-refractivity contribution is 6.08. The van der Waals surface area contributed by atoms with Crippen LogP contribution in [0.2, 0.25) is 0 Å². The number of alkyl halides is 3. The molecule has 5 aliphatic rings. The number of carbonyl (C=O) groups excluding carboxylic acids is 3. The summed E-state index contributed by atoms with van der Waals surface area (Å²) in [5.74, 6) is 5.56. The molecule has 2 saturated carbocycles. The molecule has 20 heteroatoms. The summed E-state index contributed by atoms with van der Waals surface area (Å²) in [4.78, 5) is 47.1. The largest absolute Gasteiger partial charge is 0.382 e. The second kappa shape index (κ2) is 19.4. The van der Waals surface area contributed by atoms with Gasteiger partial charge in [0.05, 0.1) is 72.1 Å². The van der Waals surface area contributed by atoms with Gasteiger partial charge in [-0.15, -0.1) is 0 Å². The second-order valence-corrected chi connectivity index (χ2v) is 18.3. The summed E-state index contributed by atoms with van der Waals surface area (Å²) < 4.78 is 66.3. The normalized spacial score (nSPS) is 25.1. The summed E-state index contributed by atoms with van der Waals surface area (Å²) in [5, 5.41) is 19.4. The summed E-state index contributed by atoms with van der Waals surface area (Å²) in [6.07, 6.45) is 6.07. The van der Waals surface area contributed by atoms with Crippen LogP contribution in [0.5, 0.6) is 0 Å². The van der Waals surface area contributed by atoms with Crippen molar-refractivity contribution in [2.45, 2.75) is 101 Å². The Morgan fingerprint density at radius 2 is 1.87 bits per heavy atom. The first-order valence-corrected chi connectivity index (χ1v) is 23.3. The van der Waals surface area contributed by atoms with Gasteiger partial charge in [0.15, 0.2) is 11.3 Å². The average molecular weight is 926 g/mol. The zero-order valence-electron chi connectivity index (χ0n) is 37.3. The van der Waals surface area contributed by atoms with Crippen molar-refractivity contribution in [2.24, 2.45) is 5.92 Å². The van der Waals surface area contributed by atoms with Crippen LogP contribution < -0.4 is 15.5 Å². The number of morpholine rings is 1. The monoisotopic (exact) mass is 925 g/mol. The van der Waals surface area contributed by atoms with Crippen molar-refractivity contribution < 1.29 is 41.8 Å². The molecule has 7 heterocycles. The van der Waals surface area contributed by atoms with Gasteiger partial charge in [0.1, 0.15) is 24.2 Å². The molecule has 0 bridgehead atoms. The number of nitrogens with one attached hydrogen (secondary N) is 2. The highest BCUT2D eigenvalue weighted by Crippen LogP contribution is 2.41. The molecular weight excluding hydrogens is 872 g/mol. The van der Waals surface area contributed by atoms with E-state index in [1.807, 2.05) is 27.8 Å². The van der Waals surface area contributed by atoms with E-state index in [4.69, 9.17) is 24.3 Å². The van der Waals surface area contributed by atoms with Crippen LogP contribution in [-0.4, -0.2) is 135 Å². The fourth-order valence-corrected chi connectivity index (χ4v) is 10.1. The Balaban J connectivity index is 0.711. The number of imide groups is 1. The molecule has 0 radical (unpaired) electrons. The number of halogens is 3. The van der Waals surface area contributed by atoms with E-state index in [1.165, 1.54) is 16.9 Å². The highest BCUT2D eigenvalue weighted by Gasteiger charge is 2.36. The number of rotatable bonds is 13. The first kappa shape index (κ1) is 44.9. The number of anilines is 2. The van der Waals surface area contributed by atoms with Gasteiger partial charge in [0.2, 0.25) is 11.8 Å². The third kappa shape index (κ3) is 9.64. The summed E-state index contributed by atoms with van der Waals surface area (Å²) in [5.41, 5.74) is 2.18. The summed E-state index contributed by atoms with van der Waals surface area (Å²) >= 11 is 0. The van der Waals surface area contributed by atoms with Crippen LogP contribution in [0.3, 0.4) is 0 Å². The third-order valence-electron chi connectivity index (χ3n) is 13.7. The minimum absolute atomic E-state index is 0.0581. The Hall–Kier alpha value is -5.88. The molecule has 3 saturated heterocycles. The summed E-state index contributed by atoms with van der Waals surface area (Å²) in [6.45, 7) is 3.85. The Morgan fingerprint density at radius 1 is 1.03 bits per heavy atom. The fraction of sp³-hybridized carbons (Fsp3) is 0.553. The van der Waals surface area contributed by atoms with Crippen molar-refractivity contribution >= 4 is 45.8 Å².